The van der Waals surface area contributed by atoms with Crippen molar-refractivity contribution in [2.24, 2.45) is 0 Å². The molecule has 0 heterocycles. The summed E-state index contributed by atoms with van der Waals surface area (Å²) in [5.41, 5.74) is 0. The van der Waals surface area contributed by atoms with Gasteiger partial charge in [-0.3, -0.25) is 0 Å². The first-order valence-electron chi connectivity index (χ1n) is 9.45. The maximum absolute atomic E-state index is 1.58. The summed E-state index contributed by atoms with van der Waals surface area (Å²) in [6.07, 6.45) is 23.3. The number of hydrogen-bond acceptors (Lipinski definition) is 0. The van der Waals surface area contributed by atoms with Gasteiger partial charge in [0.05, 0.1) is 0 Å². The Labute approximate surface area is 122 Å². The topological polar surface area (TPSA) is 0 Å². The average molecular weight is 262 g/mol. The molecule has 0 atom stereocenters. The summed E-state index contributed by atoms with van der Waals surface area (Å²) >= 11 is 0. The van der Waals surface area contributed by atoms with Crippen LogP contribution in [0, 0.1) is 0 Å². The predicted octanol–water partition coefficient (Wildman–Crippen LogP) is 6.73. The van der Waals surface area contributed by atoms with Crippen LogP contribution in [0.15, 0.2) is 0 Å². The zero-order chi connectivity index (χ0) is 12.9. The van der Waals surface area contributed by atoms with E-state index in [-0.39, 0.29) is 1.43 Å². The molecule has 0 unspecified atom stereocenters. The molecule has 0 amide bonds. The summed E-state index contributed by atoms with van der Waals surface area (Å²) < 4.78 is 0. The Bertz CT molecular complexity index is 207. The molecule has 3 aliphatic rings. The van der Waals surface area contributed by atoms with E-state index < -0.39 is 0 Å². The van der Waals surface area contributed by atoms with E-state index in [4.69, 9.17) is 0 Å². The first-order chi connectivity index (χ1) is 9.45. The van der Waals surface area contributed by atoms with Crippen LogP contribution in [0.4, 0.5) is 0 Å². The highest BCUT2D eigenvalue weighted by molar-refractivity contribution is 6.63. The van der Waals surface area contributed by atoms with Crippen molar-refractivity contribution >= 4 is 6.71 Å². The van der Waals surface area contributed by atoms with Crippen molar-refractivity contribution in [2.75, 3.05) is 0 Å². The van der Waals surface area contributed by atoms with Crippen molar-refractivity contribution < 1.29 is 1.43 Å². The lowest BCUT2D eigenvalue weighted by molar-refractivity contribution is 0.429. The van der Waals surface area contributed by atoms with Gasteiger partial charge in [0.15, 0.2) is 0 Å². The zero-order valence-corrected chi connectivity index (χ0v) is 12.9. The summed E-state index contributed by atoms with van der Waals surface area (Å²) in [4.78, 5) is 0. The molecule has 3 aliphatic carbocycles. The van der Waals surface area contributed by atoms with Gasteiger partial charge in [-0.2, -0.15) is 0 Å². The molecule has 19 heavy (non-hydrogen) atoms. The van der Waals surface area contributed by atoms with Crippen molar-refractivity contribution in [2.45, 2.75) is 114 Å². The normalized spacial score (nSPS) is 28.4. The lowest BCUT2D eigenvalue weighted by Crippen LogP contribution is -2.35. The van der Waals surface area contributed by atoms with Crippen LogP contribution in [-0.2, 0) is 0 Å². The maximum Gasteiger partial charge on any atom is 0.149 e. The second kappa shape index (κ2) is 7.18. The molecular weight excluding hydrogens is 227 g/mol. The highest BCUT2D eigenvalue weighted by Crippen LogP contribution is 2.49. The highest BCUT2D eigenvalue weighted by atomic mass is 14.3. The van der Waals surface area contributed by atoms with E-state index in [0.29, 0.717) is 0 Å². The van der Waals surface area contributed by atoms with E-state index in [1.165, 1.54) is 19.3 Å². The Morgan fingerprint density at radius 1 is 0.421 bits per heavy atom. The second-order valence-electron chi connectivity index (χ2n) is 7.77. The molecule has 3 fully saturated rings. The van der Waals surface area contributed by atoms with Gasteiger partial charge >= 0.3 is 0 Å². The SMILES string of the molecule is C1CCC(B(C2CCCCC2)C2CCCCC2)CC1.[HH]. The third kappa shape index (κ3) is 3.58. The molecule has 0 aliphatic heterocycles. The molecule has 0 N–H and O–H groups in total. The molecule has 0 nitrogen and oxygen atoms in total. The summed E-state index contributed by atoms with van der Waals surface area (Å²) in [7, 11) is 0. The minimum absolute atomic E-state index is 0. The van der Waals surface area contributed by atoms with Gasteiger partial charge in [-0.1, -0.05) is 114 Å². The fraction of sp³-hybridized carbons (Fsp3) is 1.00. The first kappa shape index (κ1) is 14.0. The Hall–Kier alpha value is 0.0649. The van der Waals surface area contributed by atoms with Gasteiger partial charge in [0, 0.05) is 1.43 Å². The van der Waals surface area contributed by atoms with Crippen LogP contribution in [0.5, 0.6) is 0 Å². The largest absolute Gasteiger partial charge is 0.149 e. The van der Waals surface area contributed by atoms with Gasteiger partial charge in [-0.15, -0.1) is 0 Å². The third-order valence-corrected chi connectivity index (χ3v) is 6.58. The van der Waals surface area contributed by atoms with Gasteiger partial charge in [0.2, 0.25) is 0 Å². The lowest BCUT2D eigenvalue weighted by Gasteiger charge is -2.41. The second-order valence-corrected chi connectivity index (χ2v) is 7.77. The predicted molar refractivity (Wildman–Crippen MR) is 88.4 cm³/mol. The molecular formula is C18H35B. The van der Waals surface area contributed by atoms with Gasteiger partial charge in [-0.05, 0) is 0 Å². The summed E-state index contributed by atoms with van der Waals surface area (Å²) in [5.74, 6) is 3.37. The van der Waals surface area contributed by atoms with Crippen molar-refractivity contribution in [3.63, 3.8) is 0 Å². The van der Waals surface area contributed by atoms with Crippen molar-refractivity contribution in [3.05, 3.63) is 0 Å². The summed E-state index contributed by atoms with van der Waals surface area (Å²) in [5, 5.41) is 0. The Morgan fingerprint density at radius 2 is 0.684 bits per heavy atom. The molecule has 0 radical (unpaired) electrons. The Balaban J connectivity index is 0.00000147. The van der Waals surface area contributed by atoms with E-state index in [9.17, 15) is 0 Å². The van der Waals surface area contributed by atoms with E-state index in [2.05, 4.69) is 0 Å². The van der Waals surface area contributed by atoms with Crippen LogP contribution in [0.1, 0.15) is 97.7 Å². The number of rotatable bonds is 3. The molecule has 0 saturated heterocycles. The van der Waals surface area contributed by atoms with Crippen molar-refractivity contribution in [3.8, 4) is 0 Å². The molecule has 3 saturated carbocycles. The van der Waals surface area contributed by atoms with Gasteiger partial charge in [0.1, 0.15) is 6.71 Å². The molecule has 0 aromatic rings. The highest BCUT2D eigenvalue weighted by Gasteiger charge is 2.39. The Kier molecular flexibility index (Phi) is 5.30. The van der Waals surface area contributed by atoms with Gasteiger partial charge < -0.3 is 0 Å². The molecule has 1 heteroatoms. The monoisotopic (exact) mass is 262 g/mol. The van der Waals surface area contributed by atoms with Crippen LogP contribution in [0.2, 0.25) is 17.5 Å². The minimum atomic E-state index is 0. The van der Waals surface area contributed by atoms with Gasteiger partial charge in [0.25, 0.3) is 0 Å². The standard InChI is InChI=1S/C18H33B.H2/c1-4-10-16(11-5-1)19(17-12-6-2-7-13-17)18-14-8-3-9-15-18;/h16-18H,1-15H2;1H. The van der Waals surface area contributed by atoms with Crippen LogP contribution < -0.4 is 0 Å². The summed E-state index contributed by atoms with van der Waals surface area (Å²) in [6, 6.07) is 0. The summed E-state index contributed by atoms with van der Waals surface area (Å²) in [6.45, 7) is 1.14. The lowest BCUT2D eigenvalue weighted by atomic mass is 9.24. The quantitative estimate of drug-likeness (QED) is 0.494. The van der Waals surface area contributed by atoms with E-state index in [1.54, 1.807) is 77.0 Å². The zero-order valence-electron chi connectivity index (χ0n) is 12.9. The number of hydrogen-bond donors (Lipinski definition) is 0. The molecule has 0 aromatic carbocycles. The third-order valence-electron chi connectivity index (χ3n) is 6.58. The van der Waals surface area contributed by atoms with E-state index >= 15 is 0 Å². The minimum Gasteiger partial charge on any atom is -0.0617 e. The van der Waals surface area contributed by atoms with Crippen LogP contribution in [0.25, 0.3) is 0 Å². The molecule has 3 rings (SSSR count). The molecule has 0 aromatic heterocycles. The van der Waals surface area contributed by atoms with E-state index in [0.717, 1.165) is 24.2 Å². The van der Waals surface area contributed by atoms with Crippen LogP contribution >= 0.6 is 0 Å². The first-order valence-corrected chi connectivity index (χ1v) is 9.45. The molecule has 0 bridgehead atoms. The van der Waals surface area contributed by atoms with Crippen molar-refractivity contribution in [1.29, 1.82) is 0 Å². The molecule has 0 spiro atoms. The van der Waals surface area contributed by atoms with E-state index in [1.807, 2.05) is 0 Å². The van der Waals surface area contributed by atoms with Crippen molar-refractivity contribution in [1.82, 2.24) is 0 Å². The molecule has 110 valence electrons. The Morgan fingerprint density at radius 3 is 0.947 bits per heavy atom. The van der Waals surface area contributed by atoms with Crippen LogP contribution in [0.3, 0.4) is 0 Å². The van der Waals surface area contributed by atoms with Gasteiger partial charge in [-0.25, -0.2) is 0 Å². The fourth-order valence-corrected chi connectivity index (χ4v) is 5.71. The van der Waals surface area contributed by atoms with Crippen LogP contribution in [-0.4, -0.2) is 6.71 Å². The maximum atomic E-state index is 1.58. The fourth-order valence-electron chi connectivity index (χ4n) is 5.71. The average Bonchev–Trinajstić information content (AvgIpc) is 2.51. The smallest absolute Gasteiger partial charge is 0.0617 e.